The summed E-state index contributed by atoms with van der Waals surface area (Å²) in [4.78, 5) is 16.7. The number of benzene rings is 1. The van der Waals surface area contributed by atoms with Crippen molar-refractivity contribution < 1.29 is 13.2 Å². The van der Waals surface area contributed by atoms with Crippen molar-refractivity contribution in [3.63, 3.8) is 0 Å². The van der Waals surface area contributed by atoms with Gasteiger partial charge in [0.25, 0.3) is 0 Å². The first-order valence-electron chi connectivity index (χ1n) is 9.85. The molecule has 8 heteroatoms. The fraction of sp³-hybridized carbons (Fsp3) is 0.429. The van der Waals surface area contributed by atoms with Crippen LogP contribution in [0.1, 0.15) is 36.0 Å². The van der Waals surface area contributed by atoms with Gasteiger partial charge in [0.15, 0.2) is 0 Å². The predicted octanol–water partition coefficient (Wildman–Crippen LogP) is 3.23. The van der Waals surface area contributed by atoms with Crippen LogP contribution < -0.4 is 10.6 Å². The lowest BCUT2D eigenvalue weighted by molar-refractivity contribution is -0.114. The van der Waals surface area contributed by atoms with Crippen LogP contribution in [0.25, 0.3) is 0 Å². The number of aryl methyl sites for hydroxylation is 3. The molecule has 1 aromatic carbocycles. The van der Waals surface area contributed by atoms with Gasteiger partial charge >= 0.3 is 0 Å². The maximum absolute atomic E-state index is 12.7. The number of rotatable bonds is 6. The van der Waals surface area contributed by atoms with E-state index < -0.39 is 10.0 Å². The first kappa shape index (κ1) is 21.3. The molecule has 2 aromatic rings. The third kappa shape index (κ3) is 5.13. The summed E-state index contributed by atoms with van der Waals surface area (Å²) >= 11 is 0. The Morgan fingerprint density at radius 3 is 2.31 bits per heavy atom. The minimum atomic E-state index is -3.50. The van der Waals surface area contributed by atoms with E-state index in [-0.39, 0.29) is 17.3 Å². The van der Waals surface area contributed by atoms with Gasteiger partial charge < -0.3 is 10.6 Å². The number of amides is 1. The standard InChI is InChI=1S/C21H28N4O3S/c1-15-11-16(2)21(17(3)12-15)24-20(26)14-23-19-8-7-18(13-22-19)29(27,28)25-9-5-4-6-10-25/h7-8,11-13H,4-6,9-10,14H2,1-3H3,(H,22,23)(H,24,26). The number of sulfonamides is 1. The molecule has 7 nitrogen and oxygen atoms in total. The van der Waals surface area contributed by atoms with Gasteiger partial charge in [0, 0.05) is 25.0 Å². The number of nitrogens with zero attached hydrogens (tertiary/aromatic N) is 2. The average molecular weight is 417 g/mol. The van der Waals surface area contributed by atoms with Crippen molar-refractivity contribution in [1.82, 2.24) is 9.29 Å². The first-order chi connectivity index (χ1) is 13.8. The minimum Gasteiger partial charge on any atom is -0.361 e. The zero-order chi connectivity index (χ0) is 21.0. The molecule has 0 radical (unpaired) electrons. The van der Waals surface area contributed by atoms with Crippen molar-refractivity contribution >= 4 is 27.4 Å². The average Bonchev–Trinajstić information content (AvgIpc) is 2.70. The smallest absolute Gasteiger partial charge is 0.244 e. The Morgan fingerprint density at radius 2 is 1.72 bits per heavy atom. The van der Waals surface area contributed by atoms with E-state index in [1.165, 1.54) is 16.6 Å². The summed E-state index contributed by atoms with van der Waals surface area (Å²) in [5.41, 5.74) is 4.00. The van der Waals surface area contributed by atoms with Crippen molar-refractivity contribution in [2.45, 2.75) is 44.9 Å². The molecule has 0 unspecified atom stereocenters. The van der Waals surface area contributed by atoms with Gasteiger partial charge in [-0.1, -0.05) is 24.1 Å². The van der Waals surface area contributed by atoms with E-state index in [1.807, 2.05) is 32.9 Å². The molecule has 1 saturated heterocycles. The lowest BCUT2D eigenvalue weighted by atomic mass is 10.1. The summed E-state index contributed by atoms with van der Waals surface area (Å²) < 4.78 is 26.8. The normalized spacial score (nSPS) is 15.1. The third-order valence-corrected chi connectivity index (χ3v) is 6.94. The molecule has 2 heterocycles. The van der Waals surface area contributed by atoms with Gasteiger partial charge in [-0.05, 0) is 56.9 Å². The SMILES string of the molecule is Cc1cc(C)c(NC(=O)CNc2ccc(S(=O)(=O)N3CCCCC3)cn2)c(C)c1. The predicted molar refractivity (Wildman–Crippen MR) is 115 cm³/mol. The van der Waals surface area contributed by atoms with Crippen molar-refractivity contribution in [3.05, 3.63) is 47.2 Å². The summed E-state index contributed by atoms with van der Waals surface area (Å²) in [6.45, 7) is 7.10. The Balaban J connectivity index is 1.60. The van der Waals surface area contributed by atoms with Gasteiger partial charge in [0.2, 0.25) is 15.9 Å². The summed E-state index contributed by atoms with van der Waals surface area (Å²) in [6.07, 6.45) is 4.19. The molecule has 1 aliphatic rings. The van der Waals surface area contributed by atoms with Crippen LogP contribution in [0.5, 0.6) is 0 Å². The van der Waals surface area contributed by atoms with Crippen LogP contribution >= 0.6 is 0 Å². The molecule has 1 amide bonds. The van der Waals surface area contributed by atoms with E-state index in [9.17, 15) is 13.2 Å². The van der Waals surface area contributed by atoms with Crippen molar-refractivity contribution in [2.75, 3.05) is 30.3 Å². The van der Waals surface area contributed by atoms with Crippen LogP contribution in [0, 0.1) is 20.8 Å². The fourth-order valence-corrected chi connectivity index (χ4v) is 5.09. The van der Waals surface area contributed by atoms with Gasteiger partial charge in [-0.15, -0.1) is 0 Å². The van der Waals surface area contributed by atoms with E-state index in [2.05, 4.69) is 15.6 Å². The highest BCUT2D eigenvalue weighted by molar-refractivity contribution is 7.89. The number of hydrogen-bond donors (Lipinski definition) is 2. The second-order valence-corrected chi connectivity index (χ2v) is 9.46. The van der Waals surface area contributed by atoms with E-state index in [0.717, 1.165) is 41.6 Å². The number of hydrogen-bond acceptors (Lipinski definition) is 5. The number of piperidine rings is 1. The Morgan fingerprint density at radius 1 is 1.07 bits per heavy atom. The molecule has 1 aliphatic heterocycles. The fourth-order valence-electron chi connectivity index (χ4n) is 3.62. The molecule has 0 aliphatic carbocycles. The molecule has 1 aromatic heterocycles. The van der Waals surface area contributed by atoms with E-state index in [0.29, 0.717) is 18.9 Å². The zero-order valence-electron chi connectivity index (χ0n) is 17.2. The van der Waals surface area contributed by atoms with Gasteiger partial charge in [-0.3, -0.25) is 4.79 Å². The van der Waals surface area contributed by atoms with Crippen LogP contribution in [-0.4, -0.2) is 43.2 Å². The van der Waals surface area contributed by atoms with E-state index in [1.54, 1.807) is 6.07 Å². The van der Waals surface area contributed by atoms with Crippen molar-refractivity contribution in [1.29, 1.82) is 0 Å². The Kier molecular flexibility index (Phi) is 6.54. The molecule has 156 valence electrons. The number of aromatic nitrogens is 1. The summed E-state index contributed by atoms with van der Waals surface area (Å²) in [5, 5.41) is 5.86. The van der Waals surface area contributed by atoms with Gasteiger partial charge in [-0.25, -0.2) is 13.4 Å². The van der Waals surface area contributed by atoms with Gasteiger partial charge in [0.1, 0.15) is 10.7 Å². The van der Waals surface area contributed by atoms with E-state index >= 15 is 0 Å². The maximum Gasteiger partial charge on any atom is 0.244 e. The number of carbonyl (C=O) groups is 1. The Labute approximate surface area is 172 Å². The molecule has 29 heavy (non-hydrogen) atoms. The molecule has 1 fully saturated rings. The minimum absolute atomic E-state index is 0.0397. The third-order valence-electron chi connectivity index (χ3n) is 5.06. The zero-order valence-corrected chi connectivity index (χ0v) is 18.0. The summed E-state index contributed by atoms with van der Waals surface area (Å²) in [6, 6.07) is 7.18. The lowest BCUT2D eigenvalue weighted by Crippen LogP contribution is -2.35. The highest BCUT2D eigenvalue weighted by Crippen LogP contribution is 2.22. The second kappa shape index (κ2) is 8.92. The van der Waals surface area contributed by atoms with Crippen LogP contribution in [0.15, 0.2) is 35.4 Å². The molecular weight excluding hydrogens is 388 g/mol. The summed E-state index contributed by atoms with van der Waals surface area (Å²) in [5.74, 6) is 0.266. The van der Waals surface area contributed by atoms with Gasteiger partial charge in [-0.2, -0.15) is 4.31 Å². The van der Waals surface area contributed by atoms with Gasteiger partial charge in [0.05, 0.1) is 6.54 Å². The maximum atomic E-state index is 12.7. The highest BCUT2D eigenvalue weighted by Gasteiger charge is 2.26. The Bertz CT molecular complexity index is 958. The highest BCUT2D eigenvalue weighted by atomic mass is 32.2. The monoisotopic (exact) mass is 416 g/mol. The number of nitrogens with one attached hydrogen (secondary N) is 2. The van der Waals surface area contributed by atoms with Crippen LogP contribution in [0.4, 0.5) is 11.5 Å². The largest absolute Gasteiger partial charge is 0.361 e. The number of anilines is 2. The number of carbonyl (C=O) groups excluding carboxylic acids is 1. The number of pyridine rings is 1. The summed E-state index contributed by atoms with van der Waals surface area (Å²) in [7, 11) is -3.50. The lowest BCUT2D eigenvalue weighted by Gasteiger charge is -2.25. The molecule has 0 bridgehead atoms. The first-order valence-corrected chi connectivity index (χ1v) is 11.3. The molecule has 0 atom stereocenters. The van der Waals surface area contributed by atoms with Crippen molar-refractivity contribution in [3.8, 4) is 0 Å². The molecular formula is C21H28N4O3S. The van der Waals surface area contributed by atoms with Crippen LogP contribution in [-0.2, 0) is 14.8 Å². The topological polar surface area (TPSA) is 91.4 Å². The van der Waals surface area contributed by atoms with Crippen LogP contribution in [0.2, 0.25) is 0 Å². The molecule has 3 rings (SSSR count). The Hall–Kier alpha value is -2.45. The quantitative estimate of drug-likeness (QED) is 0.754. The molecule has 0 saturated carbocycles. The van der Waals surface area contributed by atoms with Crippen LogP contribution in [0.3, 0.4) is 0 Å². The molecule has 2 N–H and O–H groups in total. The van der Waals surface area contributed by atoms with E-state index in [4.69, 9.17) is 0 Å². The second-order valence-electron chi connectivity index (χ2n) is 7.52. The van der Waals surface area contributed by atoms with Crippen molar-refractivity contribution in [2.24, 2.45) is 0 Å². The molecule has 0 spiro atoms.